The van der Waals surface area contributed by atoms with E-state index in [9.17, 15) is 9.59 Å². The number of carbonyl (C=O) groups excluding carboxylic acids is 1. The highest BCUT2D eigenvalue weighted by Crippen LogP contribution is 2.34. The van der Waals surface area contributed by atoms with Crippen LogP contribution in [0.25, 0.3) is 4.96 Å². The summed E-state index contributed by atoms with van der Waals surface area (Å²) in [6.45, 7) is 0. The Labute approximate surface area is 182 Å². The Morgan fingerprint density at radius 1 is 1.30 bits per heavy atom. The smallest absolute Gasteiger partial charge is 0.275 e. The second-order valence-corrected chi connectivity index (χ2v) is 9.27. The molecular weight excluding hydrogens is 420 g/mol. The molecule has 1 amide bonds. The highest BCUT2D eigenvalue weighted by molar-refractivity contribution is 7.99. The van der Waals surface area contributed by atoms with E-state index in [1.165, 1.54) is 52.9 Å². The van der Waals surface area contributed by atoms with Crippen molar-refractivity contribution in [1.82, 2.24) is 14.6 Å². The van der Waals surface area contributed by atoms with Crippen molar-refractivity contribution in [2.24, 2.45) is 0 Å². The molecule has 1 aliphatic rings. The van der Waals surface area contributed by atoms with Crippen molar-refractivity contribution in [2.75, 3.05) is 18.2 Å². The van der Waals surface area contributed by atoms with E-state index in [4.69, 9.17) is 4.74 Å². The lowest BCUT2D eigenvalue weighted by molar-refractivity contribution is -0.113. The van der Waals surface area contributed by atoms with Crippen LogP contribution < -0.4 is 15.6 Å². The van der Waals surface area contributed by atoms with Gasteiger partial charge in [0.1, 0.15) is 10.8 Å². The molecule has 0 saturated heterocycles. The minimum atomic E-state index is -0.160. The van der Waals surface area contributed by atoms with Crippen LogP contribution >= 0.6 is 23.1 Å². The van der Waals surface area contributed by atoms with Gasteiger partial charge < -0.3 is 10.1 Å². The van der Waals surface area contributed by atoms with E-state index < -0.39 is 0 Å². The highest BCUT2D eigenvalue weighted by atomic mass is 32.2. The predicted molar refractivity (Wildman–Crippen MR) is 121 cm³/mol. The van der Waals surface area contributed by atoms with Crippen molar-refractivity contribution in [2.45, 2.75) is 43.8 Å². The van der Waals surface area contributed by atoms with E-state index in [1.54, 1.807) is 19.2 Å². The van der Waals surface area contributed by atoms with Crippen LogP contribution in [0.1, 0.15) is 48.7 Å². The zero-order valence-corrected chi connectivity index (χ0v) is 18.4. The van der Waals surface area contributed by atoms with Gasteiger partial charge >= 0.3 is 0 Å². The van der Waals surface area contributed by atoms with Gasteiger partial charge in [-0.2, -0.15) is 9.61 Å². The van der Waals surface area contributed by atoms with Crippen molar-refractivity contribution >= 4 is 39.7 Å². The molecule has 0 atom stereocenters. The van der Waals surface area contributed by atoms with Gasteiger partial charge in [-0.3, -0.25) is 9.59 Å². The third-order valence-electron chi connectivity index (χ3n) is 5.13. The average Bonchev–Trinajstić information content (AvgIpc) is 3.20. The van der Waals surface area contributed by atoms with Crippen LogP contribution in [-0.2, 0) is 10.5 Å². The molecule has 2 aromatic heterocycles. The molecule has 1 saturated carbocycles. The quantitative estimate of drug-likeness (QED) is 0.591. The van der Waals surface area contributed by atoms with E-state index in [1.807, 2.05) is 12.1 Å². The minimum Gasteiger partial charge on any atom is -0.495 e. The summed E-state index contributed by atoms with van der Waals surface area (Å²) in [4.78, 5) is 30.0. The number of hydrogen-bond donors (Lipinski definition) is 1. The van der Waals surface area contributed by atoms with Crippen molar-refractivity contribution < 1.29 is 9.53 Å². The Morgan fingerprint density at radius 3 is 2.90 bits per heavy atom. The van der Waals surface area contributed by atoms with Gasteiger partial charge in [-0.25, -0.2) is 4.98 Å². The van der Waals surface area contributed by atoms with Crippen molar-refractivity contribution in [3.05, 3.63) is 51.4 Å². The second kappa shape index (κ2) is 9.61. The molecule has 3 aromatic rings. The first-order chi connectivity index (χ1) is 14.6. The number of nitrogens with one attached hydrogen (secondary N) is 1. The third kappa shape index (κ3) is 4.84. The van der Waals surface area contributed by atoms with E-state index >= 15 is 0 Å². The van der Waals surface area contributed by atoms with Gasteiger partial charge in [-0.15, -0.1) is 11.8 Å². The lowest BCUT2D eigenvalue weighted by atomic mass is 9.90. The fraction of sp³-hybridized carbons (Fsp3) is 0.429. The molecule has 0 spiro atoms. The number of anilines is 1. The van der Waals surface area contributed by atoms with Crippen LogP contribution in [0.15, 0.2) is 35.1 Å². The SMILES string of the molecule is COc1ccccc1NC(=O)CSCc1cc(=O)n2nc(C3CCCCC3)sc2n1. The summed E-state index contributed by atoms with van der Waals surface area (Å²) in [5, 5.41) is 8.39. The molecule has 1 fully saturated rings. The standard InChI is InChI=1S/C21H24N4O3S2/c1-28-17-10-6-5-9-16(17)23-18(26)13-29-12-15-11-19(27)25-21(22-15)30-20(24-25)14-7-3-2-4-8-14/h5-6,9-11,14H,2-4,7-8,12-13H2,1H3,(H,23,26). The summed E-state index contributed by atoms with van der Waals surface area (Å²) >= 11 is 2.94. The Bertz CT molecular complexity index is 1090. The van der Waals surface area contributed by atoms with E-state index in [0.29, 0.717) is 33.8 Å². The number of fused-ring (bicyclic) bond motifs is 1. The van der Waals surface area contributed by atoms with Crippen LogP contribution in [-0.4, -0.2) is 33.4 Å². The van der Waals surface area contributed by atoms with Crippen molar-refractivity contribution in [1.29, 1.82) is 0 Å². The Kier molecular flexibility index (Phi) is 6.69. The number of amides is 1. The van der Waals surface area contributed by atoms with Gasteiger partial charge in [0.05, 0.1) is 24.2 Å². The molecule has 158 valence electrons. The first-order valence-electron chi connectivity index (χ1n) is 10.0. The largest absolute Gasteiger partial charge is 0.495 e. The summed E-state index contributed by atoms with van der Waals surface area (Å²) in [5.41, 5.74) is 1.16. The number of para-hydroxylation sites is 2. The molecular formula is C21H24N4O3S2. The van der Waals surface area contributed by atoms with Gasteiger partial charge in [0.25, 0.3) is 5.56 Å². The fourth-order valence-corrected chi connectivity index (χ4v) is 5.45. The molecule has 0 unspecified atom stereocenters. The normalized spacial score (nSPS) is 14.7. The Morgan fingerprint density at radius 2 is 2.10 bits per heavy atom. The number of ether oxygens (including phenoxy) is 1. The lowest BCUT2D eigenvalue weighted by Gasteiger charge is -2.18. The number of thioether (sulfide) groups is 1. The zero-order valence-electron chi connectivity index (χ0n) is 16.8. The molecule has 0 bridgehead atoms. The second-order valence-electron chi connectivity index (χ2n) is 7.30. The Hall–Kier alpha value is -2.39. The van der Waals surface area contributed by atoms with Crippen LogP contribution in [0.2, 0.25) is 0 Å². The molecule has 7 nitrogen and oxygen atoms in total. The summed E-state index contributed by atoms with van der Waals surface area (Å²) in [7, 11) is 1.57. The molecule has 0 aliphatic heterocycles. The van der Waals surface area contributed by atoms with Gasteiger partial charge in [-0.1, -0.05) is 42.7 Å². The maximum absolute atomic E-state index is 12.5. The molecule has 1 N–H and O–H groups in total. The topological polar surface area (TPSA) is 85.6 Å². The first-order valence-corrected chi connectivity index (χ1v) is 12.0. The molecule has 1 aromatic carbocycles. The Balaban J connectivity index is 1.38. The average molecular weight is 445 g/mol. The van der Waals surface area contributed by atoms with E-state index in [2.05, 4.69) is 15.4 Å². The number of nitrogens with zero attached hydrogens (tertiary/aromatic N) is 3. The minimum absolute atomic E-state index is 0.125. The zero-order chi connectivity index (χ0) is 20.9. The van der Waals surface area contributed by atoms with Gasteiger partial charge in [0, 0.05) is 17.7 Å². The summed E-state index contributed by atoms with van der Waals surface area (Å²) in [5.74, 6) is 1.69. The van der Waals surface area contributed by atoms with Crippen LogP contribution in [0.4, 0.5) is 5.69 Å². The molecule has 1 aliphatic carbocycles. The van der Waals surface area contributed by atoms with Crippen LogP contribution in [0, 0.1) is 0 Å². The third-order valence-corrected chi connectivity index (χ3v) is 7.17. The highest BCUT2D eigenvalue weighted by Gasteiger charge is 2.20. The molecule has 0 radical (unpaired) electrons. The predicted octanol–water partition coefficient (Wildman–Crippen LogP) is 4.08. The summed E-state index contributed by atoms with van der Waals surface area (Å²) in [6, 6.07) is 8.80. The summed E-state index contributed by atoms with van der Waals surface area (Å²) in [6.07, 6.45) is 6.01. The van der Waals surface area contributed by atoms with Gasteiger partial charge in [0.2, 0.25) is 10.9 Å². The van der Waals surface area contributed by atoms with Crippen LogP contribution in [0.5, 0.6) is 5.75 Å². The van der Waals surface area contributed by atoms with E-state index in [-0.39, 0.29) is 17.2 Å². The molecule has 4 rings (SSSR count). The number of benzene rings is 1. The first kappa shape index (κ1) is 20.9. The van der Waals surface area contributed by atoms with Crippen molar-refractivity contribution in [3.63, 3.8) is 0 Å². The monoisotopic (exact) mass is 444 g/mol. The summed E-state index contributed by atoms with van der Waals surface area (Å²) < 4.78 is 6.66. The number of hydrogen-bond acceptors (Lipinski definition) is 7. The molecule has 9 heteroatoms. The van der Waals surface area contributed by atoms with Gasteiger partial charge in [-0.05, 0) is 25.0 Å². The number of methoxy groups -OCH3 is 1. The fourth-order valence-electron chi connectivity index (χ4n) is 3.64. The molecule has 2 heterocycles. The van der Waals surface area contributed by atoms with Gasteiger partial charge in [0.15, 0.2) is 0 Å². The maximum Gasteiger partial charge on any atom is 0.275 e. The maximum atomic E-state index is 12.5. The lowest BCUT2D eigenvalue weighted by Crippen LogP contribution is -2.17. The van der Waals surface area contributed by atoms with Crippen LogP contribution in [0.3, 0.4) is 0 Å². The number of aromatic nitrogens is 3. The number of rotatable bonds is 7. The number of carbonyl (C=O) groups is 1. The van der Waals surface area contributed by atoms with E-state index in [0.717, 1.165) is 17.8 Å². The van der Waals surface area contributed by atoms with Crippen molar-refractivity contribution in [3.8, 4) is 5.75 Å². The molecule has 30 heavy (non-hydrogen) atoms.